The van der Waals surface area contributed by atoms with Crippen LogP contribution in [0.5, 0.6) is 0 Å². The third-order valence-corrected chi connectivity index (χ3v) is 4.51. The fraction of sp³-hybridized carbons (Fsp3) is 0.667. The average molecular weight is 294 g/mol. The molecular formula is C18H31FN2. The molecule has 21 heavy (non-hydrogen) atoms. The van der Waals surface area contributed by atoms with Gasteiger partial charge in [-0.3, -0.25) is 11.3 Å². The lowest BCUT2D eigenvalue weighted by Gasteiger charge is -2.34. The lowest BCUT2D eigenvalue weighted by Crippen LogP contribution is -2.48. The normalized spacial score (nSPS) is 13.4. The highest BCUT2D eigenvalue weighted by Gasteiger charge is 2.30. The maximum atomic E-state index is 13.1. The summed E-state index contributed by atoms with van der Waals surface area (Å²) in [4.78, 5) is 0. The predicted octanol–water partition coefficient (Wildman–Crippen LogP) is 4.69. The van der Waals surface area contributed by atoms with Crippen LogP contribution in [0.25, 0.3) is 0 Å². The molecule has 2 nitrogen and oxygen atoms in total. The van der Waals surface area contributed by atoms with Crippen LogP contribution >= 0.6 is 0 Å². The Kier molecular flexibility index (Phi) is 7.91. The second-order valence-electron chi connectivity index (χ2n) is 6.50. The first kappa shape index (κ1) is 18.1. The van der Waals surface area contributed by atoms with Gasteiger partial charge in [0, 0.05) is 11.5 Å². The average Bonchev–Trinajstić information content (AvgIpc) is 2.46. The van der Waals surface area contributed by atoms with E-state index < -0.39 is 0 Å². The Morgan fingerprint density at radius 1 is 1.05 bits per heavy atom. The van der Waals surface area contributed by atoms with Crippen molar-refractivity contribution in [3.05, 3.63) is 35.6 Å². The molecule has 0 aliphatic rings. The third kappa shape index (κ3) is 5.76. The topological polar surface area (TPSA) is 38.0 Å². The van der Waals surface area contributed by atoms with Gasteiger partial charge in [0.15, 0.2) is 0 Å². The van der Waals surface area contributed by atoms with Gasteiger partial charge in [-0.1, -0.05) is 71.4 Å². The van der Waals surface area contributed by atoms with E-state index >= 15 is 0 Å². The first-order valence-corrected chi connectivity index (χ1v) is 8.24. The van der Waals surface area contributed by atoms with Crippen molar-refractivity contribution in [3.8, 4) is 0 Å². The summed E-state index contributed by atoms with van der Waals surface area (Å²) in [5, 5.41) is 0. The van der Waals surface area contributed by atoms with Gasteiger partial charge in [-0.2, -0.15) is 0 Å². The van der Waals surface area contributed by atoms with Crippen LogP contribution in [-0.4, -0.2) is 6.04 Å². The van der Waals surface area contributed by atoms with Gasteiger partial charge < -0.3 is 0 Å². The standard InChI is InChI=1S/C18H31FN2/c1-4-5-6-7-8-9-10-17(21-20)18(2,3)15-11-13-16(19)14-12-15/h11-14,17,21H,4-10,20H2,1-3H3. The van der Waals surface area contributed by atoms with E-state index in [0.29, 0.717) is 0 Å². The van der Waals surface area contributed by atoms with Gasteiger partial charge in [-0.25, -0.2) is 4.39 Å². The minimum atomic E-state index is -0.192. The Morgan fingerprint density at radius 3 is 2.19 bits per heavy atom. The van der Waals surface area contributed by atoms with E-state index in [4.69, 9.17) is 5.84 Å². The molecule has 0 spiro atoms. The van der Waals surface area contributed by atoms with Crippen LogP contribution in [0.4, 0.5) is 4.39 Å². The number of nitrogens with one attached hydrogen (secondary N) is 1. The predicted molar refractivity (Wildman–Crippen MR) is 88.5 cm³/mol. The maximum Gasteiger partial charge on any atom is 0.123 e. The lowest BCUT2D eigenvalue weighted by molar-refractivity contribution is 0.316. The van der Waals surface area contributed by atoms with Crippen molar-refractivity contribution in [1.29, 1.82) is 0 Å². The lowest BCUT2D eigenvalue weighted by atomic mass is 9.76. The molecule has 1 atom stereocenters. The molecule has 0 saturated carbocycles. The van der Waals surface area contributed by atoms with Crippen LogP contribution in [0, 0.1) is 5.82 Å². The first-order valence-electron chi connectivity index (χ1n) is 8.24. The molecular weight excluding hydrogens is 263 g/mol. The van der Waals surface area contributed by atoms with Crippen LogP contribution in [-0.2, 0) is 5.41 Å². The molecule has 0 saturated heterocycles. The number of unbranched alkanes of at least 4 members (excludes halogenated alkanes) is 5. The molecule has 1 aromatic carbocycles. The zero-order valence-electron chi connectivity index (χ0n) is 13.8. The highest BCUT2D eigenvalue weighted by molar-refractivity contribution is 5.26. The smallest absolute Gasteiger partial charge is 0.123 e. The quantitative estimate of drug-likeness (QED) is 0.373. The van der Waals surface area contributed by atoms with Crippen molar-refractivity contribution in [2.75, 3.05) is 0 Å². The molecule has 120 valence electrons. The van der Waals surface area contributed by atoms with Crippen LogP contribution in [0.1, 0.15) is 71.3 Å². The molecule has 1 unspecified atom stereocenters. The fourth-order valence-electron chi connectivity index (χ4n) is 2.86. The van der Waals surface area contributed by atoms with Gasteiger partial charge in [0.05, 0.1) is 0 Å². The fourth-order valence-corrected chi connectivity index (χ4v) is 2.86. The Hall–Kier alpha value is -0.930. The van der Waals surface area contributed by atoms with Crippen LogP contribution in [0.2, 0.25) is 0 Å². The van der Waals surface area contributed by atoms with E-state index in [1.807, 2.05) is 12.1 Å². The third-order valence-electron chi connectivity index (χ3n) is 4.51. The summed E-state index contributed by atoms with van der Waals surface area (Å²) in [6.45, 7) is 6.57. The second kappa shape index (κ2) is 9.16. The highest BCUT2D eigenvalue weighted by atomic mass is 19.1. The van der Waals surface area contributed by atoms with Gasteiger partial charge in [0.25, 0.3) is 0 Å². The molecule has 1 aromatic rings. The summed E-state index contributed by atoms with van der Waals surface area (Å²) >= 11 is 0. The molecule has 0 radical (unpaired) electrons. The van der Waals surface area contributed by atoms with E-state index in [1.165, 1.54) is 50.7 Å². The van der Waals surface area contributed by atoms with Crippen LogP contribution < -0.4 is 11.3 Å². The van der Waals surface area contributed by atoms with Gasteiger partial charge in [-0.05, 0) is 24.1 Å². The molecule has 0 amide bonds. The van der Waals surface area contributed by atoms with Crippen molar-refractivity contribution >= 4 is 0 Å². The number of nitrogens with two attached hydrogens (primary N) is 1. The number of benzene rings is 1. The first-order chi connectivity index (χ1) is 10.0. The zero-order valence-corrected chi connectivity index (χ0v) is 13.8. The van der Waals surface area contributed by atoms with E-state index in [1.54, 1.807) is 0 Å². The summed E-state index contributed by atoms with van der Waals surface area (Å²) in [5.74, 6) is 5.57. The van der Waals surface area contributed by atoms with E-state index in [-0.39, 0.29) is 17.3 Å². The van der Waals surface area contributed by atoms with Crippen molar-refractivity contribution in [3.63, 3.8) is 0 Å². The van der Waals surface area contributed by atoms with Gasteiger partial charge in [0.2, 0.25) is 0 Å². The molecule has 1 rings (SSSR count). The molecule has 0 aromatic heterocycles. The largest absolute Gasteiger partial charge is 0.271 e. The van der Waals surface area contributed by atoms with E-state index in [9.17, 15) is 4.39 Å². The van der Waals surface area contributed by atoms with Gasteiger partial charge >= 0.3 is 0 Å². The Morgan fingerprint density at radius 2 is 1.62 bits per heavy atom. The van der Waals surface area contributed by atoms with E-state index in [0.717, 1.165) is 12.0 Å². The summed E-state index contributed by atoms with van der Waals surface area (Å²) in [7, 11) is 0. The van der Waals surface area contributed by atoms with Crippen molar-refractivity contribution in [2.24, 2.45) is 5.84 Å². The Bertz CT molecular complexity index is 387. The highest BCUT2D eigenvalue weighted by Crippen LogP contribution is 2.29. The minimum absolute atomic E-state index is 0.105. The van der Waals surface area contributed by atoms with Crippen molar-refractivity contribution < 1.29 is 4.39 Å². The van der Waals surface area contributed by atoms with Crippen molar-refractivity contribution in [1.82, 2.24) is 5.43 Å². The summed E-state index contributed by atoms with van der Waals surface area (Å²) in [5.41, 5.74) is 3.98. The second-order valence-corrected chi connectivity index (χ2v) is 6.50. The molecule has 0 fully saturated rings. The SMILES string of the molecule is CCCCCCCCC(NN)C(C)(C)c1ccc(F)cc1. The van der Waals surface area contributed by atoms with Gasteiger partial charge in [-0.15, -0.1) is 0 Å². The molecule has 0 heterocycles. The zero-order chi connectivity index (χ0) is 15.7. The Balaban J connectivity index is 2.51. The van der Waals surface area contributed by atoms with Crippen LogP contribution in [0.15, 0.2) is 24.3 Å². The van der Waals surface area contributed by atoms with E-state index in [2.05, 4.69) is 26.2 Å². The molecule has 0 aliphatic carbocycles. The van der Waals surface area contributed by atoms with Crippen molar-refractivity contribution in [2.45, 2.75) is 77.2 Å². The Labute approximate surface area is 129 Å². The molecule has 0 bridgehead atoms. The maximum absolute atomic E-state index is 13.1. The van der Waals surface area contributed by atoms with Gasteiger partial charge in [0.1, 0.15) is 5.82 Å². The number of hydrogen-bond donors (Lipinski definition) is 2. The number of hydrazine groups is 1. The molecule has 0 aliphatic heterocycles. The minimum Gasteiger partial charge on any atom is -0.271 e. The van der Waals surface area contributed by atoms with Crippen LogP contribution in [0.3, 0.4) is 0 Å². The monoisotopic (exact) mass is 294 g/mol. The summed E-state index contributed by atoms with van der Waals surface area (Å²) < 4.78 is 13.1. The summed E-state index contributed by atoms with van der Waals surface area (Å²) in [6, 6.07) is 6.97. The number of hydrogen-bond acceptors (Lipinski definition) is 2. The molecule has 3 heteroatoms. The summed E-state index contributed by atoms with van der Waals surface area (Å²) in [6.07, 6.45) is 8.75. The number of halogens is 1. The molecule has 3 N–H and O–H groups in total. The number of rotatable bonds is 10.